The second kappa shape index (κ2) is 3.70. The zero-order valence-corrected chi connectivity index (χ0v) is 8.10. The van der Waals surface area contributed by atoms with Gasteiger partial charge in [0.15, 0.2) is 0 Å². The minimum Gasteiger partial charge on any atom is -0.405 e. The molecule has 1 aromatic carbocycles. The van der Waals surface area contributed by atoms with Gasteiger partial charge in [-0.3, -0.25) is 4.79 Å². The quantitative estimate of drug-likeness (QED) is 0.801. The molecule has 2 rings (SSSR count). The van der Waals surface area contributed by atoms with Crippen molar-refractivity contribution in [2.75, 3.05) is 6.54 Å². The van der Waals surface area contributed by atoms with Crippen molar-refractivity contribution in [1.29, 1.82) is 0 Å². The van der Waals surface area contributed by atoms with Crippen LogP contribution in [-0.4, -0.2) is 18.8 Å². The molecule has 1 aliphatic heterocycles. The molecule has 1 aliphatic rings. The first-order valence-electron chi connectivity index (χ1n) is 4.63. The molecule has 0 bridgehead atoms. The number of amides is 1. The van der Waals surface area contributed by atoms with Crippen LogP contribution >= 0.6 is 0 Å². The largest absolute Gasteiger partial charge is 0.573 e. The Kier molecular flexibility index (Phi) is 2.49. The smallest absolute Gasteiger partial charge is 0.405 e. The molecule has 0 fully saturated rings. The number of halogens is 3. The fourth-order valence-electron chi connectivity index (χ4n) is 1.65. The minimum atomic E-state index is -4.78. The average Bonchev–Trinajstić information content (AvgIpc) is 2.15. The molecule has 0 spiro atoms. The lowest BCUT2D eigenvalue weighted by atomic mass is 9.99. The molecular formula is C10H8F3NO2. The second-order valence-corrected chi connectivity index (χ2v) is 3.34. The van der Waals surface area contributed by atoms with Gasteiger partial charge in [-0.25, -0.2) is 0 Å². The summed E-state index contributed by atoms with van der Waals surface area (Å²) in [6.07, 6.45) is -4.27. The molecule has 1 heterocycles. The summed E-state index contributed by atoms with van der Waals surface area (Å²) in [7, 11) is 0. The maximum absolute atomic E-state index is 12.1. The Morgan fingerprint density at radius 2 is 2.06 bits per heavy atom. The van der Waals surface area contributed by atoms with Gasteiger partial charge in [-0.1, -0.05) is 12.1 Å². The molecule has 0 saturated carbocycles. The lowest BCUT2D eigenvalue weighted by molar-refractivity contribution is -0.274. The standard InChI is InChI=1S/C10H8F3NO2/c11-10(12,13)16-7-3-1-2-6-4-5-14-9(15)8(6)7/h1-3H,4-5H2,(H,14,15). The minimum absolute atomic E-state index is 0.0222. The van der Waals surface area contributed by atoms with E-state index in [4.69, 9.17) is 0 Å². The number of nitrogens with one attached hydrogen (secondary N) is 1. The van der Waals surface area contributed by atoms with E-state index in [0.717, 1.165) is 6.07 Å². The van der Waals surface area contributed by atoms with Crippen LogP contribution in [0.5, 0.6) is 5.75 Å². The van der Waals surface area contributed by atoms with E-state index in [1.54, 1.807) is 6.07 Å². The van der Waals surface area contributed by atoms with E-state index < -0.39 is 18.0 Å². The molecule has 1 aromatic rings. The van der Waals surface area contributed by atoms with E-state index in [9.17, 15) is 18.0 Å². The molecule has 0 aliphatic carbocycles. The summed E-state index contributed by atoms with van der Waals surface area (Å²) in [5.74, 6) is -0.969. The maximum atomic E-state index is 12.1. The number of benzene rings is 1. The zero-order chi connectivity index (χ0) is 11.8. The molecule has 0 atom stereocenters. The van der Waals surface area contributed by atoms with Crippen LogP contribution in [0.3, 0.4) is 0 Å². The van der Waals surface area contributed by atoms with E-state index in [-0.39, 0.29) is 5.56 Å². The third-order valence-electron chi connectivity index (χ3n) is 2.25. The van der Waals surface area contributed by atoms with Gasteiger partial charge in [0.2, 0.25) is 0 Å². The highest BCUT2D eigenvalue weighted by Gasteiger charge is 2.34. The van der Waals surface area contributed by atoms with Crippen LogP contribution in [0.2, 0.25) is 0 Å². The molecule has 0 radical (unpaired) electrons. The number of carbonyl (C=O) groups is 1. The van der Waals surface area contributed by atoms with Crippen molar-refractivity contribution in [1.82, 2.24) is 5.32 Å². The Morgan fingerprint density at radius 1 is 1.31 bits per heavy atom. The van der Waals surface area contributed by atoms with Crippen LogP contribution in [0, 0.1) is 0 Å². The van der Waals surface area contributed by atoms with Gasteiger partial charge in [0.1, 0.15) is 5.75 Å². The predicted molar refractivity (Wildman–Crippen MR) is 49.2 cm³/mol. The van der Waals surface area contributed by atoms with E-state index in [2.05, 4.69) is 10.1 Å². The number of alkyl halides is 3. The highest BCUT2D eigenvalue weighted by molar-refractivity contribution is 5.99. The summed E-state index contributed by atoms with van der Waals surface area (Å²) in [6, 6.07) is 4.20. The fourth-order valence-corrected chi connectivity index (χ4v) is 1.65. The van der Waals surface area contributed by atoms with Gasteiger partial charge in [0.05, 0.1) is 5.56 Å². The molecule has 86 valence electrons. The molecule has 0 saturated heterocycles. The summed E-state index contributed by atoms with van der Waals surface area (Å²) >= 11 is 0. The van der Waals surface area contributed by atoms with Crippen molar-refractivity contribution in [3.05, 3.63) is 29.3 Å². The first kappa shape index (κ1) is 10.8. The molecular weight excluding hydrogens is 223 g/mol. The number of hydrogen-bond acceptors (Lipinski definition) is 2. The topological polar surface area (TPSA) is 38.3 Å². The van der Waals surface area contributed by atoms with Gasteiger partial charge >= 0.3 is 6.36 Å². The Hall–Kier alpha value is -1.72. The highest BCUT2D eigenvalue weighted by atomic mass is 19.4. The normalized spacial score (nSPS) is 15.3. The lowest BCUT2D eigenvalue weighted by Gasteiger charge is -2.20. The summed E-state index contributed by atoms with van der Waals surface area (Å²) in [5.41, 5.74) is 0.552. The van der Waals surface area contributed by atoms with Gasteiger partial charge in [-0.2, -0.15) is 0 Å². The van der Waals surface area contributed by atoms with Gasteiger partial charge in [0, 0.05) is 6.54 Å². The lowest BCUT2D eigenvalue weighted by Crippen LogP contribution is -2.33. The Balaban J connectivity index is 2.43. The van der Waals surface area contributed by atoms with Crippen molar-refractivity contribution in [2.24, 2.45) is 0 Å². The predicted octanol–water partition coefficient (Wildman–Crippen LogP) is 1.87. The number of ether oxygens (including phenoxy) is 1. The van der Waals surface area contributed by atoms with E-state index in [0.29, 0.717) is 18.5 Å². The highest BCUT2D eigenvalue weighted by Crippen LogP contribution is 2.29. The van der Waals surface area contributed by atoms with Crippen LogP contribution in [0.4, 0.5) is 13.2 Å². The molecule has 0 aromatic heterocycles. The Labute approximate surface area is 89.2 Å². The van der Waals surface area contributed by atoms with Crippen molar-refractivity contribution in [3.63, 3.8) is 0 Å². The molecule has 0 unspecified atom stereocenters. The number of rotatable bonds is 1. The summed E-state index contributed by atoms with van der Waals surface area (Å²) in [4.78, 5) is 11.4. The van der Waals surface area contributed by atoms with Crippen molar-refractivity contribution in [3.8, 4) is 5.75 Å². The van der Waals surface area contributed by atoms with Crippen LogP contribution in [0.15, 0.2) is 18.2 Å². The first-order chi connectivity index (χ1) is 7.47. The SMILES string of the molecule is O=C1NCCc2cccc(OC(F)(F)F)c21. The average molecular weight is 231 g/mol. The molecule has 1 N–H and O–H groups in total. The van der Waals surface area contributed by atoms with Crippen molar-refractivity contribution in [2.45, 2.75) is 12.8 Å². The van der Waals surface area contributed by atoms with E-state index in [1.807, 2.05) is 0 Å². The van der Waals surface area contributed by atoms with Gasteiger partial charge in [-0.15, -0.1) is 13.2 Å². The third kappa shape index (κ3) is 2.10. The van der Waals surface area contributed by atoms with Gasteiger partial charge < -0.3 is 10.1 Å². The van der Waals surface area contributed by atoms with Crippen LogP contribution in [0.1, 0.15) is 15.9 Å². The van der Waals surface area contributed by atoms with Crippen molar-refractivity contribution >= 4 is 5.91 Å². The summed E-state index contributed by atoms with van der Waals surface area (Å²) in [5, 5.41) is 2.48. The van der Waals surface area contributed by atoms with E-state index >= 15 is 0 Å². The van der Waals surface area contributed by atoms with Gasteiger partial charge in [-0.05, 0) is 18.1 Å². The third-order valence-corrected chi connectivity index (χ3v) is 2.25. The monoisotopic (exact) mass is 231 g/mol. The first-order valence-corrected chi connectivity index (χ1v) is 4.63. The number of carbonyl (C=O) groups excluding carboxylic acids is 1. The molecule has 6 heteroatoms. The maximum Gasteiger partial charge on any atom is 0.573 e. The molecule has 16 heavy (non-hydrogen) atoms. The number of hydrogen-bond donors (Lipinski definition) is 1. The zero-order valence-electron chi connectivity index (χ0n) is 8.10. The number of fused-ring (bicyclic) bond motifs is 1. The van der Waals surface area contributed by atoms with Crippen LogP contribution in [0.25, 0.3) is 0 Å². The van der Waals surface area contributed by atoms with E-state index in [1.165, 1.54) is 6.07 Å². The van der Waals surface area contributed by atoms with Crippen LogP contribution in [-0.2, 0) is 6.42 Å². The van der Waals surface area contributed by atoms with Crippen LogP contribution < -0.4 is 10.1 Å². The second-order valence-electron chi connectivity index (χ2n) is 3.34. The molecule has 1 amide bonds. The molecule has 3 nitrogen and oxygen atoms in total. The Morgan fingerprint density at radius 3 is 2.75 bits per heavy atom. The summed E-state index contributed by atoms with van der Waals surface area (Å²) < 4.78 is 40.1. The fraction of sp³-hybridized carbons (Fsp3) is 0.300. The Bertz CT molecular complexity index is 429. The van der Waals surface area contributed by atoms with Crippen molar-refractivity contribution < 1.29 is 22.7 Å². The summed E-state index contributed by atoms with van der Waals surface area (Å²) in [6.45, 7) is 0.432. The van der Waals surface area contributed by atoms with Gasteiger partial charge in [0.25, 0.3) is 5.91 Å².